The minimum Gasteiger partial charge on any atom is -0.467 e. The molecule has 3 aromatic rings. The number of aromatic nitrogens is 1. The normalized spacial score (nSPS) is 17.6. The van der Waals surface area contributed by atoms with Crippen molar-refractivity contribution in [3.63, 3.8) is 0 Å². The summed E-state index contributed by atoms with van der Waals surface area (Å²) in [5.41, 5.74) is 2.14. The van der Waals surface area contributed by atoms with E-state index in [1.165, 1.54) is 0 Å². The number of furan rings is 1. The third-order valence-electron chi connectivity index (χ3n) is 4.00. The highest BCUT2D eigenvalue weighted by atomic mass is 35.5. The van der Waals surface area contributed by atoms with Crippen molar-refractivity contribution in [3.05, 3.63) is 77.5 Å². The Labute approximate surface area is 149 Å². The molecule has 1 aliphatic rings. The lowest BCUT2D eigenvalue weighted by molar-refractivity contribution is -0.128. The molecule has 122 valence electrons. The highest BCUT2D eigenvalue weighted by Gasteiger charge is 2.33. The third kappa shape index (κ3) is 2.97. The first-order valence-electron chi connectivity index (χ1n) is 7.58. The van der Waals surface area contributed by atoms with Gasteiger partial charge in [0.1, 0.15) is 11.1 Å². The molecule has 6 heteroatoms. The number of benzene rings is 1. The summed E-state index contributed by atoms with van der Waals surface area (Å²) in [6.45, 7) is 0.496. The van der Waals surface area contributed by atoms with E-state index in [2.05, 4.69) is 12.3 Å². The van der Waals surface area contributed by atoms with Crippen LogP contribution in [0.3, 0.4) is 0 Å². The molecule has 1 aromatic carbocycles. The van der Waals surface area contributed by atoms with Gasteiger partial charge in [-0.1, -0.05) is 11.6 Å². The maximum absolute atomic E-state index is 12.2. The number of rotatable bonds is 4. The molecular formula is C18H15ClN2O2S. The molecule has 1 atom stereocenters. The summed E-state index contributed by atoms with van der Waals surface area (Å²) in [7, 11) is 0. The van der Waals surface area contributed by atoms with Crippen molar-refractivity contribution in [2.75, 3.05) is 5.75 Å². The van der Waals surface area contributed by atoms with Gasteiger partial charge in [-0.2, -0.15) is 0 Å². The molecule has 4 nitrogen and oxygen atoms in total. The van der Waals surface area contributed by atoms with Crippen LogP contribution in [0.2, 0.25) is 5.02 Å². The molecule has 1 aliphatic heterocycles. The topological polar surface area (TPSA) is 38.4 Å². The van der Waals surface area contributed by atoms with Crippen molar-refractivity contribution in [2.45, 2.75) is 11.9 Å². The van der Waals surface area contributed by atoms with E-state index >= 15 is 0 Å². The van der Waals surface area contributed by atoms with Gasteiger partial charge >= 0.3 is 0 Å². The average Bonchev–Trinajstić information content (AvgIpc) is 3.31. The van der Waals surface area contributed by atoms with Gasteiger partial charge in [0.25, 0.3) is 0 Å². The molecule has 2 aromatic heterocycles. The maximum Gasteiger partial charge on any atom is 0.234 e. The molecule has 1 fully saturated rings. The molecule has 0 spiro atoms. The third-order valence-corrected chi connectivity index (χ3v) is 5.51. The highest BCUT2D eigenvalue weighted by molar-refractivity contribution is 8.00. The molecular weight excluding hydrogens is 344 g/mol. The Bertz CT molecular complexity index is 842. The van der Waals surface area contributed by atoms with Crippen molar-refractivity contribution < 1.29 is 9.21 Å². The second-order valence-electron chi connectivity index (χ2n) is 5.59. The molecule has 0 unspecified atom stereocenters. The molecule has 1 amide bonds. The lowest BCUT2D eigenvalue weighted by atomic mass is 10.3. The summed E-state index contributed by atoms with van der Waals surface area (Å²) in [4.78, 5) is 14.1. The van der Waals surface area contributed by atoms with Crippen molar-refractivity contribution in [2.24, 2.45) is 0 Å². The molecule has 24 heavy (non-hydrogen) atoms. The first-order chi connectivity index (χ1) is 11.7. The van der Waals surface area contributed by atoms with Crippen LogP contribution in [-0.4, -0.2) is 21.1 Å². The summed E-state index contributed by atoms with van der Waals surface area (Å²) in [5, 5.41) is 0.726. The Kier molecular flexibility index (Phi) is 4.12. The van der Waals surface area contributed by atoms with Crippen LogP contribution in [0.1, 0.15) is 16.7 Å². The van der Waals surface area contributed by atoms with Crippen LogP contribution >= 0.6 is 23.4 Å². The second-order valence-corrected chi connectivity index (χ2v) is 7.10. The highest BCUT2D eigenvalue weighted by Crippen LogP contribution is 2.40. The number of hydrogen-bond acceptors (Lipinski definition) is 3. The Hall–Kier alpha value is -2.11. The van der Waals surface area contributed by atoms with Crippen LogP contribution in [0.4, 0.5) is 0 Å². The molecule has 0 aliphatic carbocycles. The molecule has 0 bridgehead atoms. The second kappa shape index (κ2) is 6.42. The van der Waals surface area contributed by atoms with Crippen molar-refractivity contribution in [3.8, 4) is 5.69 Å². The number of nitrogens with zero attached hydrogens (tertiary/aromatic N) is 2. The van der Waals surface area contributed by atoms with Crippen LogP contribution < -0.4 is 0 Å². The number of thioether (sulfide) groups is 1. The lowest BCUT2D eigenvalue weighted by Crippen LogP contribution is -2.27. The van der Waals surface area contributed by atoms with E-state index in [4.69, 9.17) is 16.0 Å². The van der Waals surface area contributed by atoms with Crippen molar-refractivity contribution >= 4 is 29.3 Å². The molecule has 0 N–H and O–H groups in total. The standard InChI is InChI=1S/C18H15ClN2O2S/c19-14-3-5-15(6-4-14)20-8-7-13(10-20)18-21(17(22)12-24-18)11-16-2-1-9-23-16/h1-10,18H,11-12H2/t18-/m0/s1. The minimum atomic E-state index is 0.0103. The fourth-order valence-corrected chi connectivity index (χ4v) is 4.10. The van der Waals surface area contributed by atoms with Gasteiger partial charge in [0.05, 0.1) is 18.6 Å². The van der Waals surface area contributed by atoms with E-state index in [9.17, 15) is 4.79 Å². The summed E-state index contributed by atoms with van der Waals surface area (Å²) in [6.07, 6.45) is 5.71. The monoisotopic (exact) mass is 358 g/mol. The largest absolute Gasteiger partial charge is 0.467 e. The molecule has 1 saturated heterocycles. The Morgan fingerprint density at radius 1 is 1.21 bits per heavy atom. The number of halogens is 1. The number of carbonyl (C=O) groups is 1. The smallest absolute Gasteiger partial charge is 0.234 e. The lowest BCUT2D eigenvalue weighted by Gasteiger charge is -2.22. The van der Waals surface area contributed by atoms with E-state index in [0.717, 1.165) is 17.0 Å². The van der Waals surface area contributed by atoms with Gasteiger partial charge in [0, 0.05) is 28.7 Å². The van der Waals surface area contributed by atoms with Gasteiger partial charge in [-0.3, -0.25) is 4.79 Å². The van der Waals surface area contributed by atoms with Gasteiger partial charge in [-0.05, 0) is 42.5 Å². The van der Waals surface area contributed by atoms with Gasteiger partial charge in [-0.15, -0.1) is 11.8 Å². The Morgan fingerprint density at radius 2 is 2.04 bits per heavy atom. The molecule has 0 radical (unpaired) electrons. The van der Waals surface area contributed by atoms with E-state index in [-0.39, 0.29) is 11.3 Å². The zero-order valence-electron chi connectivity index (χ0n) is 12.8. The van der Waals surface area contributed by atoms with Gasteiger partial charge in [-0.25, -0.2) is 0 Å². The van der Waals surface area contributed by atoms with Gasteiger partial charge in [0.2, 0.25) is 5.91 Å². The quantitative estimate of drug-likeness (QED) is 0.689. The first-order valence-corrected chi connectivity index (χ1v) is 9.01. The van der Waals surface area contributed by atoms with E-state index < -0.39 is 0 Å². The van der Waals surface area contributed by atoms with Crippen molar-refractivity contribution in [1.29, 1.82) is 0 Å². The maximum atomic E-state index is 12.2. The molecule has 4 rings (SSSR count). The molecule has 3 heterocycles. The van der Waals surface area contributed by atoms with Crippen LogP contribution in [0.25, 0.3) is 5.69 Å². The number of carbonyl (C=O) groups excluding carboxylic acids is 1. The van der Waals surface area contributed by atoms with Crippen molar-refractivity contribution in [1.82, 2.24) is 9.47 Å². The number of amides is 1. The fourth-order valence-electron chi connectivity index (χ4n) is 2.80. The average molecular weight is 359 g/mol. The van der Waals surface area contributed by atoms with E-state index in [0.29, 0.717) is 17.3 Å². The van der Waals surface area contributed by atoms with Gasteiger partial charge in [0.15, 0.2) is 0 Å². The predicted molar refractivity (Wildman–Crippen MR) is 95.2 cm³/mol. The van der Waals surface area contributed by atoms with Crippen LogP contribution in [0.5, 0.6) is 0 Å². The number of hydrogen-bond donors (Lipinski definition) is 0. The zero-order chi connectivity index (χ0) is 16.5. The summed E-state index contributed by atoms with van der Waals surface area (Å²) < 4.78 is 7.43. The summed E-state index contributed by atoms with van der Waals surface area (Å²) >= 11 is 7.59. The summed E-state index contributed by atoms with van der Waals surface area (Å²) in [5.74, 6) is 1.44. The Morgan fingerprint density at radius 3 is 2.79 bits per heavy atom. The molecule has 0 saturated carbocycles. The summed E-state index contributed by atoms with van der Waals surface area (Å²) in [6, 6.07) is 13.5. The van der Waals surface area contributed by atoms with E-state index in [1.807, 2.05) is 52.1 Å². The SMILES string of the molecule is O=C1CS[C@@H](c2ccn(-c3ccc(Cl)cc3)c2)N1Cc1ccco1. The van der Waals surface area contributed by atoms with E-state index in [1.54, 1.807) is 18.0 Å². The van der Waals surface area contributed by atoms with Crippen LogP contribution in [-0.2, 0) is 11.3 Å². The zero-order valence-corrected chi connectivity index (χ0v) is 14.3. The minimum absolute atomic E-state index is 0.0103. The van der Waals surface area contributed by atoms with Gasteiger partial charge < -0.3 is 13.9 Å². The first kappa shape index (κ1) is 15.4. The van der Waals surface area contributed by atoms with Crippen LogP contribution in [0.15, 0.2) is 65.5 Å². The Balaban J connectivity index is 1.58. The fraction of sp³-hybridized carbons (Fsp3) is 0.167. The predicted octanol–water partition coefficient (Wildman–Crippen LogP) is 4.50. The van der Waals surface area contributed by atoms with Crippen LogP contribution in [0, 0.1) is 0 Å².